The molecule has 0 aliphatic heterocycles. The van der Waals surface area contributed by atoms with Gasteiger partial charge in [0.2, 0.25) is 0 Å². The van der Waals surface area contributed by atoms with Gasteiger partial charge in [-0.2, -0.15) is 5.10 Å². The molecule has 2 heterocycles. The summed E-state index contributed by atoms with van der Waals surface area (Å²) in [5, 5.41) is 4.58. The van der Waals surface area contributed by atoms with Crippen molar-refractivity contribution in [2.75, 3.05) is 0 Å². The van der Waals surface area contributed by atoms with Gasteiger partial charge in [-0.1, -0.05) is 34.1 Å². The molecule has 0 radical (unpaired) electrons. The number of rotatable bonds is 4. The van der Waals surface area contributed by atoms with Crippen molar-refractivity contribution in [1.82, 2.24) is 9.78 Å². The first-order chi connectivity index (χ1) is 10.2. The molecule has 5 heteroatoms. The van der Waals surface area contributed by atoms with Gasteiger partial charge in [-0.05, 0) is 30.7 Å². The fourth-order valence-electron chi connectivity index (χ4n) is 2.16. The van der Waals surface area contributed by atoms with Gasteiger partial charge >= 0.3 is 0 Å². The normalized spacial score (nSPS) is 10.8. The summed E-state index contributed by atoms with van der Waals surface area (Å²) in [5.41, 5.74) is 2.52. The molecule has 0 aliphatic carbocycles. The fraction of sp³-hybridized carbons (Fsp3) is 0.125. The van der Waals surface area contributed by atoms with Gasteiger partial charge in [0.15, 0.2) is 6.29 Å². The Balaban J connectivity index is 1.96. The van der Waals surface area contributed by atoms with Gasteiger partial charge < -0.3 is 0 Å². The topological polar surface area (TPSA) is 34.9 Å². The van der Waals surface area contributed by atoms with Crippen molar-refractivity contribution in [3.05, 3.63) is 63.1 Å². The summed E-state index contributed by atoms with van der Waals surface area (Å²) in [5.74, 6) is 0. The minimum absolute atomic E-state index is 0.629. The van der Waals surface area contributed by atoms with Gasteiger partial charge in [0, 0.05) is 15.5 Å². The highest BCUT2D eigenvalue weighted by Crippen LogP contribution is 2.29. The zero-order valence-corrected chi connectivity index (χ0v) is 13.8. The third kappa shape index (κ3) is 2.99. The summed E-state index contributed by atoms with van der Waals surface area (Å²) in [4.78, 5) is 13.5. The number of carbonyl (C=O) groups is 1. The number of aldehydes is 1. The van der Waals surface area contributed by atoms with Crippen molar-refractivity contribution in [2.24, 2.45) is 0 Å². The highest BCUT2D eigenvalue weighted by molar-refractivity contribution is 9.10. The molecule has 3 aromatic rings. The highest BCUT2D eigenvalue weighted by Gasteiger charge is 2.13. The average Bonchev–Trinajstić information content (AvgIpc) is 3.07. The van der Waals surface area contributed by atoms with Gasteiger partial charge in [-0.15, -0.1) is 11.3 Å². The van der Waals surface area contributed by atoms with Crippen LogP contribution in [0.2, 0.25) is 0 Å². The lowest BCUT2D eigenvalue weighted by Gasteiger charge is -2.04. The first-order valence-electron chi connectivity index (χ1n) is 6.50. The largest absolute Gasteiger partial charge is 0.298 e. The van der Waals surface area contributed by atoms with Crippen LogP contribution in [-0.4, -0.2) is 16.1 Å². The lowest BCUT2D eigenvalue weighted by molar-refractivity contribution is 0.112. The third-order valence-electron chi connectivity index (χ3n) is 3.18. The van der Waals surface area contributed by atoms with Gasteiger partial charge in [0.1, 0.15) is 5.69 Å². The Morgan fingerprint density at radius 3 is 2.76 bits per heavy atom. The summed E-state index contributed by atoms with van der Waals surface area (Å²) < 4.78 is 2.86. The second-order valence-electron chi connectivity index (χ2n) is 4.75. The highest BCUT2D eigenvalue weighted by atomic mass is 79.9. The maximum atomic E-state index is 11.3. The Morgan fingerprint density at radius 1 is 1.29 bits per heavy atom. The number of nitrogens with zero attached hydrogens (tertiary/aromatic N) is 2. The van der Waals surface area contributed by atoms with Crippen molar-refractivity contribution >= 4 is 33.6 Å². The molecule has 0 spiro atoms. The molecule has 0 bridgehead atoms. The Bertz CT molecular complexity index is 791. The minimum Gasteiger partial charge on any atom is -0.298 e. The number of thiophene rings is 1. The van der Waals surface area contributed by atoms with Crippen molar-refractivity contribution in [3.63, 3.8) is 0 Å². The summed E-state index contributed by atoms with van der Waals surface area (Å²) in [7, 11) is 0. The van der Waals surface area contributed by atoms with Crippen LogP contribution in [0.25, 0.3) is 10.6 Å². The van der Waals surface area contributed by atoms with Crippen molar-refractivity contribution in [1.29, 1.82) is 0 Å². The summed E-state index contributed by atoms with van der Waals surface area (Å²) in [6, 6.07) is 12.1. The number of hydrogen-bond acceptors (Lipinski definition) is 3. The molecule has 0 aliphatic rings. The van der Waals surface area contributed by atoms with E-state index in [1.165, 1.54) is 4.88 Å². The molecule has 1 aromatic carbocycles. The molecule has 0 unspecified atom stereocenters. The van der Waals surface area contributed by atoms with Crippen molar-refractivity contribution < 1.29 is 4.79 Å². The number of carbonyl (C=O) groups excluding carboxylic acids is 1. The zero-order valence-electron chi connectivity index (χ0n) is 11.4. The number of halogens is 1. The van der Waals surface area contributed by atoms with Crippen LogP contribution in [0.15, 0.2) is 47.1 Å². The number of hydrogen-bond donors (Lipinski definition) is 0. The van der Waals surface area contributed by atoms with Gasteiger partial charge in [0.05, 0.1) is 17.0 Å². The predicted octanol–water partition coefficient (Wildman–Crippen LogP) is 4.54. The molecule has 0 saturated carbocycles. The van der Waals surface area contributed by atoms with E-state index >= 15 is 0 Å². The molecule has 0 amide bonds. The van der Waals surface area contributed by atoms with Crippen LogP contribution in [0, 0.1) is 6.92 Å². The van der Waals surface area contributed by atoms with E-state index in [1.807, 2.05) is 48.0 Å². The number of aromatic nitrogens is 2. The third-order valence-corrected chi connectivity index (χ3v) is 4.96. The lowest BCUT2D eigenvalue weighted by Crippen LogP contribution is -2.00. The minimum atomic E-state index is 0.629. The Morgan fingerprint density at radius 2 is 2.10 bits per heavy atom. The van der Waals surface area contributed by atoms with Crippen molar-refractivity contribution in [2.45, 2.75) is 13.5 Å². The summed E-state index contributed by atoms with van der Waals surface area (Å²) in [6.45, 7) is 2.68. The molecular formula is C16H13BrN2OS. The van der Waals surface area contributed by atoms with E-state index in [4.69, 9.17) is 0 Å². The van der Waals surface area contributed by atoms with Crippen LogP contribution >= 0.6 is 27.3 Å². The van der Waals surface area contributed by atoms with Gasteiger partial charge in [0.25, 0.3) is 0 Å². The van der Waals surface area contributed by atoms with E-state index in [1.54, 1.807) is 17.5 Å². The molecule has 3 rings (SSSR count). The van der Waals surface area contributed by atoms with Crippen LogP contribution in [-0.2, 0) is 6.54 Å². The molecule has 3 nitrogen and oxygen atoms in total. The van der Waals surface area contributed by atoms with Crippen LogP contribution in [0.3, 0.4) is 0 Å². The van der Waals surface area contributed by atoms with E-state index < -0.39 is 0 Å². The quantitative estimate of drug-likeness (QED) is 0.640. The van der Waals surface area contributed by atoms with Gasteiger partial charge in [-0.3, -0.25) is 9.48 Å². The van der Waals surface area contributed by atoms with E-state index in [0.29, 0.717) is 12.1 Å². The van der Waals surface area contributed by atoms with Crippen LogP contribution in [0.1, 0.15) is 20.8 Å². The Hall–Kier alpha value is -1.72. The van der Waals surface area contributed by atoms with Crippen LogP contribution in [0.4, 0.5) is 0 Å². The predicted molar refractivity (Wildman–Crippen MR) is 88.9 cm³/mol. The first-order valence-corrected chi connectivity index (χ1v) is 8.11. The average molecular weight is 361 g/mol. The monoisotopic (exact) mass is 360 g/mol. The maximum Gasteiger partial charge on any atom is 0.153 e. The molecule has 106 valence electrons. The van der Waals surface area contributed by atoms with Crippen LogP contribution in [0.5, 0.6) is 0 Å². The Labute approximate surface area is 135 Å². The fourth-order valence-corrected chi connectivity index (χ4v) is 3.44. The van der Waals surface area contributed by atoms with E-state index in [2.05, 4.69) is 21.0 Å². The molecular weight excluding hydrogens is 348 g/mol. The van der Waals surface area contributed by atoms with Crippen molar-refractivity contribution in [3.8, 4) is 10.6 Å². The maximum absolute atomic E-state index is 11.3. The first kappa shape index (κ1) is 14.2. The summed E-state index contributed by atoms with van der Waals surface area (Å²) in [6.07, 6.45) is 2.67. The summed E-state index contributed by atoms with van der Waals surface area (Å²) >= 11 is 5.18. The standard InChI is InChI=1S/C16H13BrN2OS/c1-11-6-7-15(21-11)16-13(10-20)9-19(18-16)8-12-4-2-3-5-14(12)17/h2-7,9-10H,8H2,1H3. The molecule has 21 heavy (non-hydrogen) atoms. The smallest absolute Gasteiger partial charge is 0.153 e. The molecule has 0 N–H and O–H groups in total. The Kier molecular flexibility index (Phi) is 4.03. The lowest BCUT2D eigenvalue weighted by atomic mass is 10.2. The number of aryl methyl sites for hydroxylation is 1. The second-order valence-corrected chi connectivity index (χ2v) is 6.89. The molecule has 2 aromatic heterocycles. The zero-order chi connectivity index (χ0) is 14.8. The number of benzene rings is 1. The second kappa shape index (κ2) is 5.95. The molecule has 0 atom stereocenters. The SMILES string of the molecule is Cc1ccc(-c2nn(Cc3ccccc3Br)cc2C=O)s1. The van der Waals surface area contributed by atoms with E-state index in [9.17, 15) is 4.79 Å². The van der Waals surface area contributed by atoms with Crippen LogP contribution < -0.4 is 0 Å². The van der Waals surface area contributed by atoms with Gasteiger partial charge in [-0.25, -0.2) is 0 Å². The van der Waals surface area contributed by atoms with E-state index in [-0.39, 0.29) is 0 Å². The molecule has 0 fully saturated rings. The van der Waals surface area contributed by atoms with E-state index in [0.717, 1.165) is 26.9 Å². The molecule has 0 saturated heterocycles.